The van der Waals surface area contributed by atoms with Gasteiger partial charge in [0.25, 0.3) is 0 Å². The molecule has 0 aliphatic carbocycles. The first kappa shape index (κ1) is 15.7. The van der Waals surface area contributed by atoms with Crippen LogP contribution in [-0.2, 0) is 6.18 Å². The molecule has 0 aliphatic heterocycles. The zero-order chi connectivity index (χ0) is 17.3. The lowest BCUT2D eigenvalue weighted by Crippen LogP contribution is -2.07. The summed E-state index contributed by atoms with van der Waals surface area (Å²) in [5.41, 5.74) is -1.73. The number of rotatable bonds is 2. The van der Waals surface area contributed by atoms with Gasteiger partial charge < -0.3 is 9.52 Å². The normalized spacial score (nSPS) is 12.1. The summed E-state index contributed by atoms with van der Waals surface area (Å²) in [5, 5.41) is 10.5. The molecule has 0 spiro atoms. The van der Waals surface area contributed by atoms with E-state index < -0.39 is 17.4 Å². The third kappa shape index (κ3) is 2.98. The van der Waals surface area contributed by atoms with E-state index >= 15 is 0 Å². The molecule has 3 rings (SSSR count). The maximum atomic E-state index is 12.5. The van der Waals surface area contributed by atoms with E-state index in [2.05, 4.69) is 9.98 Å². The van der Waals surface area contributed by atoms with E-state index in [0.717, 1.165) is 18.3 Å². The van der Waals surface area contributed by atoms with Crippen molar-refractivity contribution in [3.05, 3.63) is 64.1 Å². The maximum Gasteiger partial charge on any atom is 0.417 e. The summed E-state index contributed by atoms with van der Waals surface area (Å²) in [6, 6.07) is 8.25. The van der Waals surface area contributed by atoms with Crippen LogP contribution < -0.4 is 5.63 Å². The van der Waals surface area contributed by atoms with Gasteiger partial charge in [0.2, 0.25) is 0 Å². The molecule has 0 unspecified atom stereocenters. The van der Waals surface area contributed by atoms with E-state index in [9.17, 15) is 23.1 Å². The Morgan fingerprint density at radius 2 is 1.92 bits per heavy atom. The predicted molar refractivity (Wildman–Crippen MR) is 80.6 cm³/mol. The molecule has 0 saturated carbocycles. The molecule has 0 bridgehead atoms. The van der Waals surface area contributed by atoms with Gasteiger partial charge in [-0.2, -0.15) is 13.2 Å². The van der Waals surface area contributed by atoms with Crippen molar-refractivity contribution in [2.45, 2.75) is 6.18 Å². The van der Waals surface area contributed by atoms with Crippen molar-refractivity contribution >= 4 is 23.0 Å². The molecule has 1 aromatic carbocycles. The Balaban J connectivity index is 1.98. The minimum atomic E-state index is -4.49. The minimum absolute atomic E-state index is 0.0463. The van der Waals surface area contributed by atoms with Gasteiger partial charge in [0, 0.05) is 12.4 Å². The van der Waals surface area contributed by atoms with Crippen LogP contribution in [0.25, 0.3) is 11.0 Å². The summed E-state index contributed by atoms with van der Waals surface area (Å²) in [6.07, 6.45) is -2.86. The second-order valence-electron chi connectivity index (χ2n) is 4.81. The molecule has 1 N–H and O–H groups in total. The van der Waals surface area contributed by atoms with E-state index in [1.165, 1.54) is 6.07 Å². The standard InChI is InChI=1S/C16H9F3N2O3/c17-16(18,19)9-5-6-13(20-7-9)21-8-11-14(22)10-3-1-2-4-12(10)24-15(11)23/h1-8,22H. The lowest BCUT2D eigenvalue weighted by molar-refractivity contribution is -0.137. The average Bonchev–Trinajstić information content (AvgIpc) is 2.54. The Morgan fingerprint density at radius 3 is 2.58 bits per heavy atom. The second-order valence-corrected chi connectivity index (χ2v) is 4.81. The third-order valence-corrected chi connectivity index (χ3v) is 3.22. The number of aliphatic imine (C=N–C) groups is 1. The zero-order valence-electron chi connectivity index (χ0n) is 11.9. The summed E-state index contributed by atoms with van der Waals surface area (Å²) >= 11 is 0. The molecular formula is C16H9F3N2O3. The molecule has 0 radical (unpaired) electrons. The van der Waals surface area contributed by atoms with Gasteiger partial charge in [-0.1, -0.05) is 12.1 Å². The van der Waals surface area contributed by atoms with Crippen LogP contribution in [0.5, 0.6) is 5.75 Å². The highest BCUT2D eigenvalue weighted by Gasteiger charge is 2.30. The predicted octanol–water partition coefficient (Wildman–Crippen LogP) is 3.66. The molecule has 3 aromatic rings. The van der Waals surface area contributed by atoms with Gasteiger partial charge in [-0.05, 0) is 24.3 Å². The van der Waals surface area contributed by atoms with Crippen LogP contribution in [-0.4, -0.2) is 16.3 Å². The lowest BCUT2D eigenvalue weighted by atomic mass is 10.1. The van der Waals surface area contributed by atoms with Crippen LogP contribution in [0.2, 0.25) is 0 Å². The van der Waals surface area contributed by atoms with Crippen LogP contribution in [0.1, 0.15) is 11.1 Å². The van der Waals surface area contributed by atoms with Crippen molar-refractivity contribution in [3.8, 4) is 5.75 Å². The summed E-state index contributed by atoms with van der Waals surface area (Å²) in [4.78, 5) is 19.2. The SMILES string of the molecule is O=c1oc2ccccc2c(O)c1C=Nc1ccc(C(F)(F)F)cn1. The first-order valence-corrected chi connectivity index (χ1v) is 6.68. The first-order chi connectivity index (χ1) is 11.4. The summed E-state index contributed by atoms with van der Waals surface area (Å²) < 4.78 is 42.4. The van der Waals surface area contributed by atoms with Crippen molar-refractivity contribution in [2.24, 2.45) is 4.99 Å². The number of halogens is 3. The molecule has 0 saturated heterocycles. The number of pyridine rings is 1. The van der Waals surface area contributed by atoms with Crippen LogP contribution >= 0.6 is 0 Å². The van der Waals surface area contributed by atoms with Crippen molar-refractivity contribution in [1.82, 2.24) is 4.98 Å². The maximum absolute atomic E-state index is 12.5. The van der Waals surface area contributed by atoms with E-state index in [-0.39, 0.29) is 22.7 Å². The molecule has 8 heteroatoms. The molecule has 5 nitrogen and oxygen atoms in total. The number of fused-ring (bicyclic) bond motifs is 1. The van der Waals surface area contributed by atoms with Crippen LogP contribution in [0.4, 0.5) is 19.0 Å². The van der Waals surface area contributed by atoms with E-state index in [4.69, 9.17) is 4.42 Å². The number of benzene rings is 1. The Hall–Kier alpha value is -3.16. The number of alkyl halides is 3. The molecule has 0 amide bonds. The Labute approximate surface area is 132 Å². The molecular weight excluding hydrogens is 325 g/mol. The largest absolute Gasteiger partial charge is 0.506 e. The summed E-state index contributed by atoms with van der Waals surface area (Å²) in [6.45, 7) is 0. The van der Waals surface area contributed by atoms with Gasteiger partial charge in [0.1, 0.15) is 16.9 Å². The van der Waals surface area contributed by atoms with Gasteiger partial charge in [0.15, 0.2) is 5.82 Å². The summed E-state index contributed by atoms with van der Waals surface area (Å²) in [5.74, 6) is -0.368. The van der Waals surface area contributed by atoms with Crippen molar-refractivity contribution in [1.29, 1.82) is 0 Å². The zero-order valence-corrected chi connectivity index (χ0v) is 11.9. The molecule has 122 valence electrons. The van der Waals surface area contributed by atoms with E-state index in [0.29, 0.717) is 11.6 Å². The number of aromatic hydroxyl groups is 1. The minimum Gasteiger partial charge on any atom is -0.506 e. The highest BCUT2D eigenvalue weighted by Crippen LogP contribution is 2.29. The highest BCUT2D eigenvalue weighted by atomic mass is 19.4. The molecule has 24 heavy (non-hydrogen) atoms. The second kappa shape index (κ2) is 5.80. The van der Waals surface area contributed by atoms with Gasteiger partial charge in [0.05, 0.1) is 10.9 Å². The lowest BCUT2D eigenvalue weighted by Gasteiger charge is -2.05. The molecule has 0 fully saturated rings. The van der Waals surface area contributed by atoms with Crippen LogP contribution in [0.15, 0.2) is 56.8 Å². The number of para-hydroxylation sites is 1. The number of hydrogen-bond donors (Lipinski definition) is 1. The number of aromatic nitrogens is 1. The van der Waals surface area contributed by atoms with Crippen LogP contribution in [0, 0.1) is 0 Å². The van der Waals surface area contributed by atoms with Crippen LogP contribution in [0.3, 0.4) is 0 Å². The fourth-order valence-electron chi connectivity index (χ4n) is 2.02. The number of hydrogen-bond acceptors (Lipinski definition) is 5. The fraction of sp³-hybridized carbons (Fsp3) is 0.0625. The molecule has 2 aromatic heterocycles. The van der Waals surface area contributed by atoms with E-state index in [1.54, 1.807) is 18.2 Å². The quantitative estimate of drug-likeness (QED) is 0.573. The fourth-order valence-corrected chi connectivity index (χ4v) is 2.02. The monoisotopic (exact) mass is 334 g/mol. The van der Waals surface area contributed by atoms with Crippen molar-refractivity contribution < 1.29 is 22.7 Å². The van der Waals surface area contributed by atoms with Gasteiger partial charge in [-0.3, -0.25) is 0 Å². The highest BCUT2D eigenvalue weighted by molar-refractivity contribution is 5.94. The van der Waals surface area contributed by atoms with Crippen molar-refractivity contribution in [3.63, 3.8) is 0 Å². The average molecular weight is 334 g/mol. The summed E-state index contributed by atoms with van der Waals surface area (Å²) in [7, 11) is 0. The van der Waals surface area contributed by atoms with Gasteiger partial charge >= 0.3 is 11.8 Å². The van der Waals surface area contributed by atoms with Gasteiger partial charge in [-0.25, -0.2) is 14.8 Å². The molecule has 0 atom stereocenters. The molecule has 0 aliphatic rings. The molecule has 2 heterocycles. The van der Waals surface area contributed by atoms with E-state index in [1.807, 2.05) is 0 Å². The first-order valence-electron chi connectivity index (χ1n) is 6.68. The number of nitrogens with zero attached hydrogens (tertiary/aromatic N) is 2. The Kier molecular flexibility index (Phi) is 3.80. The Bertz CT molecular complexity index is 977. The van der Waals surface area contributed by atoms with Gasteiger partial charge in [-0.15, -0.1) is 0 Å². The topological polar surface area (TPSA) is 75.7 Å². The smallest absolute Gasteiger partial charge is 0.417 e. The van der Waals surface area contributed by atoms with Crippen molar-refractivity contribution in [2.75, 3.05) is 0 Å². The third-order valence-electron chi connectivity index (χ3n) is 3.22. The Morgan fingerprint density at radius 1 is 1.17 bits per heavy atom.